The average molecular weight is 211 g/mol. The van der Waals surface area contributed by atoms with E-state index in [1.807, 2.05) is 18.2 Å². The van der Waals surface area contributed by atoms with Crippen LogP contribution in [-0.2, 0) is 0 Å². The van der Waals surface area contributed by atoms with Gasteiger partial charge in [0.1, 0.15) is 5.75 Å². The number of hydrogen-bond donors (Lipinski definition) is 1. The monoisotopic (exact) mass is 210 g/mol. The third-order valence-electron chi connectivity index (χ3n) is 3.02. The molecule has 1 saturated carbocycles. The van der Waals surface area contributed by atoms with Gasteiger partial charge in [-0.2, -0.15) is 0 Å². The highest BCUT2D eigenvalue weighted by atomic mass is 35.5. The lowest BCUT2D eigenvalue weighted by molar-refractivity contribution is 0.419. The summed E-state index contributed by atoms with van der Waals surface area (Å²) < 4.78 is 0. The summed E-state index contributed by atoms with van der Waals surface area (Å²) in [5, 5.41) is 9.91. The fourth-order valence-electron chi connectivity index (χ4n) is 2.24. The van der Waals surface area contributed by atoms with E-state index < -0.39 is 0 Å². The summed E-state index contributed by atoms with van der Waals surface area (Å²) in [6.45, 7) is 0. The molecule has 2 atom stereocenters. The minimum Gasteiger partial charge on any atom is -0.508 e. The van der Waals surface area contributed by atoms with Gasteiger partial charge in [0, 0.05) is 11.3 Å². The number of benzene rings is 1. The van der Waals surface area contributed by atoms with Gasteiger partial charge < -0.3 is 5.11 Å². The molecule has 2 unspecified atom stereocenters. The molecule has 1 nitrogen and oxygen atoms in total. The van der Waals surface area contributed by atoms with Gasteiger partial charge in [-0.05, 0) is 24.5 Å². The summed E-state index contributed by atoms with van der Waals surface area (Å²) in [7, 11) is 0. The molecule has 1 aromatic carbocycles. The van der Waals surface area contributed by atoms with E-state index in [0.717, 1.165) is 18.4 Å². The standard InChI is InChI=1S/C12H15ClO/c13-11-7-3-1-5-9(11)10-6-2-4-8-12(10)14/h2,4,6,8-9,11,14H,1,3,5,7H2. The zero-order valence-corrected chi connectivity index (χ0v) is 8.87. The van der Waals surface area contributed by atoms with E-state index in [4.69, 9.17) is 11.6 Å². The zero-order chi connectivity index (χ0) is 9.97. The predicted molar refractivity (Wildman–Crippen MR) is 59.0 cm³/mol. The molecule has 0 amide bonds. The molecule has 0 bridgehead atoms. The Labute approximate surface area is 89.7 Å². The maximum Gasteiger partial charge on any atom is 0.119 e. The van der Waals surface area contributed by atoms with Crippen molar-refractivity contribution in [3.05, 3.63) is 29.8 Å². The average Bonchev–Trinajstić information content (AvgIpc) is 2.20. The van der Waals surface area contributed by atoms with Crippen molar-refractivity contribution in [1.82, 2.24) is 0 Å². The number of phenolic OH excluding ortho intramolecular Hbond substituents is 1. The predicted octanol–water partition coefficient (Wildman–Crippen LogP) is 3.66. The van der Waals surface area contributed by atoms with Gasteiger partial charge in [0.05, 0.1) is 0 Å². The molecule has 1 N–H and O–H groups in total. The van der Waals surface area contributed by atoms with Crippen LogP contribution in [0.1, 0.15) is 37.2 Å². The summed E-state index contributed by atoms with van der Waals surface area (Å²) in [5.41, 5.74) is 1.02. The maximum atomic E-state index is 9.72. The van der Waals surface area contributed by atoms with Crippen LogP contribution in [0.4, 0.5) is 0 Å². The first-order valence-electron chi connectivity index (χ1n) is 5.21. The Hall–Kier alpha value is -0.690. The van der Waals surface area contributed by atoms with Crippen molar-refractivity contribution in [2.24, 2.45) is 0 Å². The van der Waals surface area contributed by atoms with E-state index in [0.29, 0.717) is 11.7 Å². The van der Waals surface area contributed by atoms with Crippen LogP contribution >= 0.6 is 11.6 Å². The molecule has 1 aromatic rings. The lowest BCUT2D eigenvalue weighted by Gasteiger charge is -2.27. The van der Waals surface area contributed by atoms with Gasteiger partial charge in [0.15, 0.2) is 0 Å². The number of rotatable bonds is 1. The number of alkyl halides is 1. The molecule has 1 fully saturated rings. The van der Waals surface area contributed by atoms with Gasteiger partial charge in [-0.3, -0.25) is 0 Å². The van der Waals surface area contributed by atoms with Crippen molar-refractivity contribution in [3.8, 4) is 5.75 Å². The van der Waals surface area contributed by atoms with Gasteiger partial charge in [-0.1, -0.05) is 31.0 Å². The van der Waals surface area contributed by atoms with Gasteiger partial charge in [0.25, 0.3) is 0 Å². The number of hydrogen-bond acceptors (Lipinski definition) is 1. The Morgan fingerprint density at radius 1 is 1.14 bits per heavy atom. The molecule has 76 valence electrons. The van der Waals surface area contributed by atoms with Crippen LogP contribution in [-0.4, -0.2) is 10.5 Å². The number of phenols is 1. The van der Waals surface area contributed by atoms with Crippen LogP contribution in [0.15, 0.2) is 24.3 Å². The molecular formula is C12H15ClO. The largest absolute Gasteiger partial charge is 0.508 e. The number of aromatic hydroxyl groups is 1. The molecule has 0 aliphatic heterocycles. The zero-order valence-electron chi connectivity index (χ0n) is 8.12. The van der Waals surface area contributed by atoms with E-state index in [1.54, 1.807) is 6.07 Å². The Kier molecular flexibility index (Phi) is 2.97. The molecule has 1 aliphatic rings. The lowest BCUT2D eigenvalue weighted by atomic mass is 9.83. The normalized spacial score (nSPS) is 27.5. The molecule has 14 heavy (non-hydrogen) atoms. The topological polar surface area (TPSA) is 20.2 Å². The Bertz CT molecular complexity index is 311. The Morgan fingerprint density at radius 2 is 1.86 bits per heavy atom. The van der Waals surface area contributed by atoms with Crippen molar-refractivity contribution in [1.29, 1.82) is 0 Å². The minimum atomic E-state index is 0.192. The van der Waals surface area contributed by atoms with Gasteiger partial charge >= 0.3 is 0 Å². The molecule has 0 aromatic heterocycles. The molecule has 2 rings (SSSR count). The molecule has 0 radical (unpaired) electrons. The summed E-state index contributed by atoms with van der Waals surface area (Å²) >= 11 is 6.28. The van der Waals surface area contributed by atoms with E-state index in [9.17, 15) is 5.11 Å². The third-order valence-corrected chi connectivity index (χ3v) is 3.54. The quantitative estimate of drug-likeness (QED) is 0.702. The molecular weight excluding hydrogens is 196 g/mol. The van der Waals surface area contributed by atoms with Crippen molar-refractivity contribution < 1.29 is 5.11 Å². The Morgan fingerprint density at radius 3 is 2.57 bits per heavy atom. The highest BCUT2D eigenvalue weighted by Gasteiger charge is 2.26. The van der Waals surface area contributed by atoms with Crippen molar-refractivity contribution in [2.75, 3.05) is 0 Å². The third kappa shape index (κ3) is 1.88. The SMILES string of the molecule is Oc1ccccc1C1CCCCC1Cl. The minimum absolute atomic E-state index is 0.192. The summed E-state index contributed by atoms with van der Waals surface area (Å²) in [5.74, 6) is 0.733. The van der Waals surface area contributed by atoms with E-state index in [-0.39, 0.29) is 5.38 Å². The molecule has 2 heteroatoms. The smallest absolute Gasteiger partial charge is 0.119 e. The molecule has 0 spiro atoms. The van der Waals surface area contributed by atoms with E-state index >= 15 is 0 Å². The van der Waals surface area contributed by atoms with Crippen LogP contribution < -0.4 is 0 Å². The first kappa shape index (κ1) is 9.85. The molecule has 1 aliphatic carbocycles. The van der Waals surface area contributed by atoms with Crippen LogP contribution in [0.5, 0.6) is 5.75 Å². The van der Waals surface area contributed by atoms with Crippen LogP contribution in [0.3, 0.4) is 0 Å². The van der Waals surface area contributed by atoms with Crippen molar-refractivity contribution in [3.63, 3.8) is 0 Å². The van der Waals surface area contributed by atoms with Gasteiger partial charge in [0.2, 0.25) is 0 Å². The number of halogens is 1. The first-order valence-corrected chi connectivity index (χ1v) is 5.64. The summed E-state index contributed by atoms with van der Waals surface area (Å²) in [6, 6.07) is 7.55. The Balaban J connectivity index is 2.25. The van der Waals surface area contributed by atoms with E-state index in [2.05, 4.69) is 0 Å². The van der Waals surface area contributed by atoms with E-state index in [1.165, 1.54) is 12.8 Å². The fraction of sp³-hybridized carbons (Fsp3) is 0.500. The second-order valence-electron chi connectivity index (χ2n) is 3.97. The second kappa shape index (κ2) is 4.22. The summed E-state index contributed by atoms with van der Waals surface area (Å²) in [4.78, 5) is 0. The fourth-order valence-corrected chi connectivity index (χ4v) is 2.65. The maximum absolute atomic E-state index is 9.72. The lowest BCUT2D eigenvalue weighted by Crippen LogP contribution is -2.17. The highest BCUT2D eigenvalue weighted by molar-refractivity contribution is 6.21. The van der Waals surface area contributed by atoms with Gasteiger partial charge in [-0.25, -0.2) is 0 Å². The number of para-hydroxylation sites is 1. The van der Waals surface area contributed by atoms with Crippen LogP contribution in [0.2, 0.25) is 0 Å². The van der Waals surface area contributed by atoms with Crippen LogP contribution in [0.25, 0.3) is 0 Å². The van der Waals surface area contributed by atoms with Crippen molar-refractivity contribution in [2.45, 2.75) is 37.0 Å². The second-order valence-corrected chi connectivity index (χ2v) is 4.53. The molecule has 0 heterocycles. The first-order chi connectivity index (χ1) is 6.79. The summed E-state index contributed by atoms with van der Waals surface area (Å²) in [6.07, 6.45) is 4.62. The van der Waals surface area contributed by atoms with Crippen molar-refractivity contribution >= 4 is 11.6 Å². The highest BCUT2D eigenvalue weighted by Crippen LogP contribution is 2.39. The van der Waals surface area contributed by atoms with Crippen LogP contribution in [0, 0.1) is 0 Å². The molecule has 0 saturated heterocycles. The van der Waals surface area contributed by atoms with Gasteiger partial charge in [-0.15, -0.1) is 11.6 Å².